The molecule has 0 saturated heterocycles. The summed E-state index contributed by atoms with van der Waals surface area (Å²) in [5, 5.41) is 11.0. The zero-order valence-electron chi connectivity index (χ0n) is 7.37. The lowest BCUT2D eigenvalue weighted by Crippen LogP contribution is -2.16. The second-order valence-corrected chi connectivity index (χ2v) is 2.80. The molecule has 13 heavy (non-hydrogen) atoms. The van der Waals surface area contributed by atoms with Gasteiger partial charge in [0.05, 0.1) is 11.4 Å². The van der Waals surface area contributed by atoms with Gasteiger partial charge in [0.15, 0.2) is 0 Å². The highest BCUT2D eigenvalue weighted by Crippen LogP contribution is 2.18. The molecule has 0 aliphatic carbocycles. The number of nitrogen functional groups attached to an aromatic ring is 1. The number of nitrogens with two attached hydrogens (primary N) is 1. The molecule has 70 valence electrons. The topological polar surface area (TPSA) is 75.3 Å². The smallest absolute Gasteiger partial charge is 0.250 e. The van der Waals surface area contributed by atoms with Crippen LogP contribution in [0.4, 0.5) is 11.4 Å². The monoisotopic (exact) mass is 180 g/mol. The predicted octanol–water partition coefficient (Wildman–Crippen LogP) is 0.508. The quantitative estimate of drug-likeness (QED) is 0.580. The van der Waals surface area contributed by atoms with Gasteiger partial charge in [0.2, 0.25) is 5.91 Å². The Balaban J connectivity index is 2.83. The molecule has 0 heterocycles. The van der Waals surface area contributed by atoms with Crippen molar-refractivity contribution in [3.63, 3.8) is 0 Å². The summed E-state index contributed by atoms with van der Waals surface area (Å²) in [6.07, 6.45) is 0. The van der Waals surface area contributed by atoms with Crippen LogP contribution < -0.4 is 11.1 Å². The molecule has 0 unspecified atom stereocenters. The first-order valence-electron chi connectivity index (χ1n) is 3.90. The van der Waals surface area contributed by atoms with E-state index in [1.165, 1.54) is 0 Å². The van der Waals surface area contributed by atoms with Crippen LogP contribution in [0.5, 0.6) is 0 Å². The number of carbonyl (C=O) groups excluding carboxylic acids is 1. The molecule has 0 fully saturated rings. The zero-order valence-corrected chi connectivity index (χ0v) is 7.37. The predicted molar refractivity (Wildman–Crippen MR) is 51.3 cm³/mol. The number of rotatable bonds is 2. The van der Waals surface area contributed by atoms with Gasteiger partial charge in [-0.2, -0.15) is 0 Å². The van der Waals surface area contributed by atoms with Crippen molar-refractivity contribution in [3.05, 3.63) is 23.8 Å². The van der Waals surface area contributed by atoms with Crippen LogP contribution in [0.25, 0.3) is 0 Å². The molecule has 0 saturated carbocycles. The van der Waals surface area contributed by atoms with E-state index in [1.807, 2.05) is 13.0 Å². The standard InChI is InChI=1S/C9H12N2O2/c1-6-2-3-8(7(10)4-6)11-9(13)5-12/h2-4,12H,5,10H2,1H3,(H,11,13). The molecule has 0 aromatic heterocycles. The highest BCUT2D eigenvalue weighted by molar-refractivity contribution is 5.94. The molecule has 4 N–H and O–H groups in total. The van der Waals surface area contributed by atoms with Crippen molar-refractivity contribution in [1.29, 1.82) is 0 Å². The first-order chi connectivity index (χ1) is 6.13. The fraction of sp³-hybridized carbons (Fsp3) is 0.222. The van der Waals surface area contributed by atoms with Crippen molar-refractivity contribution in [2.75, 3.05) is 17.7 Å². The summed E-state index contributed by atoms with van der Waals surface area (Å²) >= 11 is 0. The number of anilines is 2. The van der Waals surface area contributed by atoms with Crippen LogP contribution in [0.2, 0.25) is 0 Å². The van der Waals surface area contributed by atoms with Gasteiger partial charge < -0.3 is 16.2 Å². The third kappa shape index (κ3) is 2.45. The van der Waals surface area contributed by atoms with Gasteiger partial charge in [0, 0.05) is 0 Å². The molecule has 1 aromatic rings. The second kappa shape index (κ2) is 3.91. The number of aliphatic hydroxyl groups is 1. The van der Waals surface area contributed by atoms with E-state index in [1.54, 1.807) is 12.1 Å². The summed E-state index contributed by atoms with van der Waals surface area (Å²) in [6.45, 7) is 1.38. The molecular weight excluding hydrogens is 168 g/mol. The maximum Gasteiger partial charge on any atom is 0.250 e. The number of hydrogen-bond acceptors (Lipinski definition) is 3. The van der Waals surface area contributed by atoms with Gasteiger partial charge in [-0.05, 0) is 24.6 Å². The third-order valence-electron chi connectivity index (χ3n) is 1.62. The number of aliphatic hydroxyl groups excluding tert-OH is 1. The Morgan fingerprint density at radius 1 is 1.62 bits per heavy atom. The summed E-state index contributed by atoms with van der Waals surface area (Å²) in [5.41, 5.74) is 7.69. The molecular formula is C9H12N2O2. The number of amides is 1. The van der Waals surface area contributed by atoms with Crippen LogP contribution in [-0.4, -0.2) is 17.6 Å². The lowest BCUT2D eigenvalue weighted by molar-refractivity contribution is -0.118. The molecule has 0 aliphatic rings. The van der Waals surface area contributed by atoms with E-state index in [2.05, 4.69) is 5.32 Å². The Kier molecular flexibility index (Phi) is 2.87. The van der Waals surface area contributed by atoms with Crippen molar-refractivity contribution < 1.29 is 9.90 Å². The van der Waals surface area contributed by atoms with Gasteiger partial charge in [-0.1, -0.05) is 6.07 Å². The van der Waals surface area contributed by atoms with Crippen LogP contribution in [0.1, 0.15) is 5.56 Å². The number of hydrogen-bond donors (Lipinski definition) is 3. The SMILES string of the molecule is Cc1ccc(NC(=O)CO)c(N)c1. The molecule has 0 radical (unpaired) electrons. The molecule has 0 spiro atoms. The van der Waals surface area contributed by atoms with E-state index in [4.69, 9.17) is 10.8 Å². The minimum Gasteiger partial charge on any atom is -0.397 e. The van der Waals surface area contributed by atoms with Crippen molar-refractivity contribution in [2.45, 2.75) is 6.92 Å². The number of aryl methyl sites for hydroxylation is 1. The first kappa shape index (κ1) is 9.54. The van der Waals surface area contributed by atoms with Gasteiger partial charge in [-0.15, -0.1) is 0 Å². The highest BCUT2D eigenvalue weighted by atomic mass is 16.3. The summed E-state index contributed by atoms with van der Waals surface area (Å²) in [4.78, 5) is 10.8. The Morgan fingerprint density at radius 2 is 2.31 bits per heavy atom. The minimum absolute atomic E-state index is 0.462. The number of carbonyl (C=O) groups is 1. The van der Waals surface area contributed by atoms with E-state index < -0.39 is 12.5 Å². The largest absolute Gasteiger partial charge is 0.397 e. The van der Waals surface area contributed by atoms with Gasteiger partial charge in [0.1, 0.15) is 6.61 Å². The molecule has 0 aliphatic heterocycles. The van der Waals surface area contributed by atoms with Crippen molar-refractivity contribution in [2.24, 2.45) is 0 Å². The molecule has 1 rings (SSSR count). The number of nitrogens with one attached hydrogen (secondary N) is 1. The van der Waals surface area contributed by atoms with Crippen LogP contribution >= 0.6 is 0 Å². The molecule has 0 atom stereocenters. The van der Waals surface area contributed by atoms with Crippen LogP contribution in [0, 0.1) is 6.92 Å². The minimum atomic E-state index is -0.534. The van der Waals surface area contributed by atoms with Gasteiger partial charge in [0.25, 0.3) is 0 Å². The molecule has 0 bridgehead atoms. The Bertz CT molecular complexity index is 323. The lowest BCUT2D eigenvalue weighted by atomic mass is 10.2. The van der Waals surface area contributed by atoms with Crippen LogP contribution in [0.15, 0.2) is 18.2 Å². The lowest BCUT2D eigenvalue weighted by Gasteiger charge is -2.06. The maximum absolute atomic E-state index is 10.8. The molecule has 1 amide bonds. The Hall–Kier alpha value is -1.55. The average molecular weight is 180 g/mol. The molecule has 4 heteroatoms. The highest BCUT2D eigenvalue weighted by Gasteiger charge is 2.02. The van der Waals surface area contributed by atoms with Gasteiger partial charge >= 0.3 is 0 Å². The average Bonchev–Trinajstić information content (AvgIpc) is 2.09. The number of benzene rings is 1. The molecule has 1 aromatic carbocycles. The van der Waals surface area contributed by atoms with E-state index in [0.29, 0.717) is 11.4 Å². The second-order valence-electron chi connectivity index (χ2n) is 2.80. The third-order valence-corrected chi connectivity index (χ3v) is 1.62. The fourth-order valence-corrected chi connectivity index (χ4v) is 0.986. The van der Waals surface area contributed by atoms with Crippen molar-refractivity contribution in [1.82, 2.24) is 0 Å². The van der Waals surface area contributed by atoms with Crippen LogP contribution in [-0.2, 0) is 4.79 Å². The first-order valence-corrected chi connectivity index (χ1v) is 3.90. The van der Waals surface area contributed by atoms with E-state index >= 15 is 0 Å². The Labute approximate surface area is 76.4 Å². The van der Waals surface area contributed by atoms with Crippen molar-refractivity contribution >= 4 is 17.3 Å². The molecule has 4 nitrogen and oxygen atoms in total. The van der Waals surface area contributed by atoms with Crippen molar-refractivity contribution in [3.8, 4) is 0 Å². The summed E-state index contributed by atoms with van der Waals surface area (Å²) < 4.78 is 0. The summed E-state index contributed by atoms with van der Waals surface area (Å²) in [6, 6.07) is 5.30. The van der Waals surface area contributed by atoms with Gasteiger partial charge in [-0.3, -0.25) is 4.79 Å². The van der Waals surface area contributed by atoms with E-state index in [9.17, 15) is 4.79 Å². The van der Waals surface area contributed by atoms with E-state index in [-0.39, 0.29) is 0 Å². The maximum atomic E-state index is 10.8. The summed E-state index contributed by atoms with van der Waals surface area (Å²) in [7, 11) is 0. The zero-order chi connectivity index (χ0) is 9.84. The van der Waals surface area contributed by atoms with Crippen LogP contribution in [0.3, 0.4) is 0 Å². The normalized spacial score (nSPS) is 9.69. The van der Waals surface area contributed by atoms with Gasteiger partial charge in [-0.25, -0.2) is 0 Å². The summed E-state index contributed by atoms with van der Waals surface area (Å²) in [5.74, 6) is -0.462. The fourth-order valence-electron chi connectivity index (χ4n) is 0.986. The van der Waals surface area contributed by atoms with E-state index in [0.717, 1.165) is 5.56 Å². The Morgan fingerprint density at radius 3 is 2.85 bits per heavy atom.